The molecule has 0 bridgehead atoms. The van der Waals surface area contributed by atoms with Crippen molar-refractivity contribution in [1.82, 2.24) is 15.5 Å². The summed E-state index contributed by atoms with van der Waals surface area (Å²) in [6.45, 7) is 5.46. The Labute approximate surface area is 103 Å². The van der Waals surface area contributed by atoms with Gasteiger partial charge in [0.1, 0.15) is 0 Å². The fourth-order valence-electron chi connectivity index (χ4n) is 1.71. The Kier molecular flexibility index (Phi) is 6.15. The number of thiocarbonyl (C=S) groups is 1. The van der Waals surface area contributed by atoms with Crippen molar-refractivity contribution in [1.29, 1.82) is 0 Å². The van der Waals surface area contributed by atoms with E-state index in [1.54, 1.807) is 0 Å². The first kappa shape index (κ1) is 13.2. The van der Waals surface area contributed by atoms with E-state index < -0.39 is 0 Å². The molecule has 5 heteroatoms. The van der Waals surface area contributed by atoms with Gasteiger partial charge >= 0.3 is 0 Å². The summed E-state index contributed by atoms with van der Waals surface area (Å²) in [5, 5.41) is 6.76. The third-order valence-corrected chi connectivity index (χ3v) is 2.91. The van der Waals surface area contributed by atoms with Gasteiger partial charge in [-0.25, -0.2) is 0 Å². The minimum atomic E-state index is 0.239. The maximum Gasteiger partial charge on any atom is 0.224 e. The third kappa shape index (κ3) is 4.79. The van der Waals surface area contributed by atoms with Crippen LogP contribution < -0.4 is 10.6 Å². The average molecular weight is 243 g/mol. The van der Waals surface area contributed by atoms with Gasteiger partial charge in [0.05, 0.1) is 0 Å². The van der Waals surface area contributed by atoms with Crippen molar-refractivity contribution in [2.75, 3.05) is 26.2 Å². The summed E-state index contributed by atoms with van der Waals surface area (Å²) in [5.74, 6) is 0.239. The molecular weight excluding hydrogens is 222 g/mol. The van der Waals surface area contributed by atoms with Crippen molar-refractivity contribution >= 4 is 23.2 Å². The number of carbonyl (C=O) groups is 1. The molecule has 0 saturated carbocycles. The number of rotatable bonds is 5. The van der Waals surface area contributed by atoms with Crippen molar-refractivity contribution in [3.05, 3.63) is 0 Å². The normalized spacial score (nSPS) is 14.9. The summed E-state index contributed by atoms with van der Waals surface area (Å²) in [6, 6.07) is 0. The molecule has 0 aromatic carbocycles. The maximum absolute atomic E-state index is 11.7. The van der Waals surface area contributed by atoms with Gasteiger partial charge in [0.25, 0.3) is 0 Å². The smallest absolute Gasteiger partial charge is 0.224 e. The minimum Gasteiger partial charge on any atom is -0.363 e. The highest BCUT2D eigenvalue weighted by Gasteiger charge is 2.16. The van der Waals surface area contributed by atoms with Gasteiger partial charge in [0.15, 0.2) is 5.11 Å². The van der Waals surface area contributed by atoms with Gasteiger partial charge in [0.2, 0.25) is 5.91 Å². The number of carbonyl (C=O) groups excluding carboxylic acids is 1. The highest BCUT2D eigenvalue weighted by atomic mass is 32.1. The maximum atomic E-state index is 11.7. The molecule has 1 aliphatic rings. The number of nitrogens with zero attached hydrogens (tertiary/aromatic N) is 1. The zero-order valence-corrected chi connectivity index (χ0v) is 10.7. The molecule has 0 aliphatic carbocycles. The van der Waals surface area contributed by atoms with Gasteiger partial charge in [0, 0.05) is 32.6 Å². The first-order valence-electron chi connectivity index (χ1n) is 6.03. The number of amides is 1. The molecule has 0 spiro atoms. The standard InChI is InChI=1S/C11H21N3OS/c1-2-6-12-11(16)13-7-5-10(15)14-8-3-4-9-14/h2-9H2,1H3,(H2,12,13,16). The molecule has 0 radical (unpaired) electrons. The van der Waals surface area contributed by atoms with Gasteiger partial charge in [-0.15, -0.1) is 0 Å². The van der Waals surface area contributed by atoms with Crippen LogP contribution in [0.15, 0.2) is 0 Å². The second-order valence-corrected chi connectivity index (χ2v) is 4.43. The molecule has 0 aromatic heterocycles. The Morgan fingerprint density at radius 2 is 1.88 bits per heavy atom. The Morgan fingerprint density at radius 3 is 2.50 bits per heavy atom. The molecular formula is C11H21N3OS. The molecule has 1 rings (SSSR count). The second kappa shape index (κ2) is 7.44. The number of hydrogen-bond acceptors (Lipinski definition) is 2. The Bertz CT molecular complexity index is 239. The molecule has 16 heavy (non-hydrogen) atoms. The van der Waals surface area contributed by atoms with Crippen LogP contribution >= 0.6 is 12.2 Å². The van der Waals surface area contributed by atoms with Crippen LogP contribution in [0.1, 0.15) is 32.6 Å². The molecule has 92 valence electrons. The first-order valence-corrected chi connectivity index (χ1v) is 6.44. The van der Waals surface area contributed by atoms with E-state index in [1.807, 2.05) is 4.90 Å². The summed E-state index contributed by atoms with van der Waals surface area (Å²) in [7, 11) is 0. The van der Waals surface area contributed by atoms with E-state index in [0.717, 1.165) is 38.9 Å². The summed E-state index contributed by atoms with van der Waals surface area (Å²) < 4.78 is 0. The zero-order valence-electron chi connectivity index (χ0n) is 9.92. The van der Waals surface area contributed by atoms with Crippen LogP contribution in [-0.2, 0) is 4.79 Å². The molecule has 2 N–H and O–H groups in total. The fraction of sp³-hybridized carbons (Fsp3) is 0.818. The van der Waals surface area contributed by atoms with Gasteiger partial charge in [-0.3, -0.25) is 4.79 Å². The third-order valence-electron chi connectivity index (χ3n) is 2.62. The van der Waals surface area contributed by atoms with E-state index in [2.05, 4.69) is 17.6 Å². The van der Waals surface area contributed by atoms with E-state index >= 15 is 0 Å². The summed E-state index contributed by atoms with van der Waals surface area (Å²) >= 11 is 5.06. The molecule has 1 heterocycles. The lowest BCUT2D eigenvalue weighted by molar-refractivity contribution is -0.129. The molecule has 0 aromatic rings. The monoisotopic (exact) mass is 243 g/mol. The lowest BCUT2D eigenvalue weighted by atomic mass is 10.3. The van der Waals surface area contributed by atoms with Crippen LogP contribution in [0, 0.1) is 0 Å². The second-order valence-electron chi connectivity index (χ2n) is 4.02. The van der Waals surface area contributed by atoms with Crippen LogP contribution in [0.25, 0.3) is 0 Å². The Morgan fingerprint density at radius 1 is 1.25 bits per heavy atom. The van der Waals surface area contributed by atoms with E-state index in [4.69, 9.17) is 12.2 Å². The van der Waals surface area contributed by atoms with E-state index in [-0.39, 0.29) is 5.91 Å². The number of likely N-dealkylation sites (tertiary alicyclic amines) is 1. The fourth-order valence-corrected chi connectivity index (χ4v) is 1.91. The van der Waals surface area contributed by atoms with Crippen molar-refractivity contribution < 1.29 is 4.79 Å². The largest absolute Gasteiger partial charge is 0.363 e. The average Bonchev–Trinajstić information content (AvgIpc) is 2.79. The SMILES string of the molecule is CCCNC(=S)NCCC(=O)N1CCCC1. The molecule has 4 nitrogen and oxygen atoms in total. The predicted molar refractivity (Wildman–Crippen MR) is 69.3 cm³/mol. The predicted octanol–water partition coefficient (Wildman–Crippen LogP) is 0.873. The first-order chi connectivity index (χ1) is 7.74. The van der Waals surface area contributed by atoms with E-state index in [0.29, 0.717) is 18.1 Å². The van der Waals surface area contributed by atoms with E-state index in [9.17, 15) is 4.79 Å². The lowest BCUT2D eigenvalue weighted by Crippen LogP contribution is -2.38. The number of hydrogen-bond donors (Lipinski definition) is 2. The summed E-state index contributed by atoms with van der Waals surface area (Å²) in [4.78, 5) is 13.6. The van der Waals surface area contributed by atoms with Crippen molar-refractivity contribution in [3.63, 3.8) is 0 Å². The van der Waals surface area contributed by atoms with Crippen LogP contribution in [-0.4, -0.2) is 42.1 Å². The summed E-state index contributed by atoms with van der Waals surface area (Å²) in [6.07, 6.45) is 3.88. The molecule has 1 aliphatic heterocycles. The van der Waals surface area contributed by atoms with Crippen molar-refractivity contribution in [2.45, 2.75) is 32.6 Å². The Balaban J connectivity index is 2.05. The number of nitrogens with one attached hydrogen (secondary N) is 2. The van der Waals surface area contributed by atoms with Gasteiger partial charge in [-0.2, -0.15) is 0 Å². The highest BCUT2D eigenvalue weighted by molar-refractivity contribution is 7.80. The molecule has 0 atom stereocenters. The molecule has 1 saturated heterocycles. The van der Waals surface area contributed by atoms with Gasteiger partial charge in [-0.05, 0) is 31.5 Å². The van der Waals surface area contributed by atoms with Crippen LogP contribution in [0.2, 0.25) is 0 Å². The van der Waals surface area contributed by atoms with Gasteiger partial charge < -0.3 is 15.5 Å². The minimum absolute atomic E-state index is 0.239. The quantitative estimate of drug-likeness (QED) is 0.703. The van der Waals surface area contributed by atoms with Crippen LogP contribution in [0.3, 0.4) is 0 Å². The topological polar surface area (TPSA) is 44.4 Å². The van der Waals surface area contributed by atoms with Gasteiger partial charge in [-0.1, -0.05) is 6.92 Å². The van der Waals surface area contributed by atoms with E-state index in [1.165, 1.54) is 0 Å². The lowest BCUT2D eigenvalue weighted by Gasteiger charge is -2.15. The molecule has 0 unspecified atom stereocenters. The van der Waals surface area contributed by atoms with Crippen molar-refractivity contribution in [3.8, 4) is 0 Å². The summed E-state index contributed by atoms with van der Waals surface area (Å²) in [5.41, 5.74) is 0. The van der Waals surface area contributed by atoms with Crippen LogP contribution in [0.4, 0.5) is 0 Å². The van der Waals surface area contributed by atoms with Crippen molar-refractivity contribution in [2.24, 2.45) is 0 Å². The highest BCUT2D eigenvalue weighted by Crippen LogP contribution is 2.08. The van der Waals surface area contributed by atoms with Crippen LogP contribution in [0.5, 0.6) is 0 Å². The molecule has 1 amide bonds. The Hall–Kier alpha value is -0.840. The zero-order chi connectivity index (χ0) is 11.8. The molecule has 1 fully saturated rings.